The summed E-state index contributed by atoms with van der Waals surface area (Å²) in [4.78, 5) is 17.6. The summed E-state index contributed by atoms with van der Waals surface area (Å²) >= 11 is 0. The molecule has 1 aromatic heterocycles. The second-order valence-electron chi connectivity index (χ2n) is 12.3. The van der Waals surface area contributed by atoms with Crippen molar-refractivity contribution < 1.29 is 9.47 Å². The van der Waals surface area contributed by atoms with Gasteiger partial charge < -0.3 is 24.6 Å². The smallest absolute Gasteiger partial charge is 0.227 e. The topological polar surface area (TPSA) is 66.0 Å². The minimum absolute atomic E-state index is 0.364. The highest BCUT2D eigenvalue weighted by molar-refractivity contribution is 5.93. The number of nitrogens with one attached hydrogen (secondary N) is 1. The Morgan fingerprint density at radius 1 is 0.860 bits per heavy atom. The molecule has 234 valence electrons. The molecule has 8 heteroatoms. The number of unbranched alkanes of at least 4 members (excludes halogenated alkanes) is 5. The van der Waals surface area contributed by atoms with Gasteiger partial charge in [0.05, 0.1) is 19.2 Å². The van der Waals surface area contributed by atoms with Crippen LogP contribution in [0.3, 0.4) is 0 Å². The molecular formula is C35H52N6O2. The SMILES string of the molecule is CCCCCCCCOc1cc2nc(N3CCCN(C)CC3)nc(NC3CCN(Cc4ccccc4)CC3)c2cc1OC. The number of hydrogen-bond acceptors (Lipinski definition) is 8. The Labute approximate surface area is 258 Å². The molecule has 0 spiro atoms. The first-order valence-electron chi connectivity index (χ1n) is 16.6. The van der Waals surface area contributed by atoms with Gasteiger partial charge in [-0.05, 0) is 50.9 Å². The van der Waals surface area contributed by atoms with Gasteiger partial charge in [0, 0.05) is 56.8 Å². The normalized spacial score (nSPS) is 17.2. The van der Waals surface area contributed by atoms with Crippen molar-refractivity contribution in [2.45, 2.75) is 77.3 Å². The zero-order valence-electron chi connectivity index (χ0n) is 26.7. The summed E-state index contributed by atoms with van der Waals surface area (Å²) in [6, 6.07) is 15.3. The van der Waals surface area contributed by atoms with E-state index in [1.807, 2.05) is 0 Å². The van der Waals surface area contributed by atoms with Crippen molar-refractivity contribution in [3.63, 3.8) is 0 Å². The highest BCUT2D eigenvalue weighted by atomic mass is 16.5. The van der Waals surface area contributed by atoms with Crippen LogP contribution in [0.2, 0.25) is 0 Å². The average molecular weight is 589 g/mol. The van der Waals surface area contributed by atoms with Crippen LogP contribution in [0, 0.1) is 0 Å². The first-order valence-corrected chi connectivity index (χ1v) is 16.6. The lowest BCUT2D eigenvalue weighted by Gasteiger charge is -2.33. The molecule has 8 nitrogen and oxygen atoms in total. The molecule has 1 N–H and O–H groups in total. The van der Waals surface area contributed by atoms with Crippen molar-refractivity contribution in [2.75, 3.05) is 70.2 Å². The second kappa shape index (κ2) is 16.1. The van der Waals surface area contributed by atoms with Crippen molar-refractivity contribution >= 4 is 22.7 Å². The van der Waals surface area contributed by atoms with E-state index in [-0.39, 0.29) is 0 Å². The van der Waals surface area contributed by atoms with E-state index >= 15 is 0 Å². The lowest BCUT2D eigenvalue weighted by Crippen LogP contribution is -2.39. The van der Waals surface area contributed by atoms with Crippen LogP contribution in [0.5, 0.6) is 11.5 Å². The quantitative estimate of drug-likeness (QED) is 0.212. The number of hydrogen-bond donors (Lipinski definition) is 1. The van der Waals surface area contributed by atoms with E-state index in [1.165, 1.54) is 37.7 Å². The molecule has 0 saturated carbocycles. The molecule has 0 amide bonds. The Bertz CT molecular complexity index is 1260. The van der Waals surface area contributed by atoms with Crippen LogP contribution in [0.4, 0.5) is 11.8 Å². The molecule has 0 atom stereocenters. The molecule has 0 radical (unpaired) electrons. The molecule has 0 unspecified atom stereocenters. The molecule has 2 aliphatic heterocycles. The van der Waals surface area contributed by atoms with Crippen LogP contribution in [-0.4, -0.2) is 85.8 Å². The highest BCUT2D eigenvalue weighted by Crippen LogP contribution is 2.36. The minimum atomic E-state index is 0.364. The van der Waals surface area contributed by atoms with Crippen molar-refractivity contribution in [1.82, 2.24) is 19.8 Å². The van der Waals surface area contributed by atoms with E-state index in [1.54, 1.807) is 7.11 Å². The third kappa shape index (κ3) is 8.96. The third-order valence-corrected chi connectivity index (χ3v) is 8.90. The van der Waals surface area contributed by atoms with Crippen molar-refractivity contribution in [1.29, 1.82) is 0 Å². The standard InChI is InChI=1S/C35H52N6O2/c1-4-5-6-7-8-12-24-43-33-26-31-30(25-32(33)42-3)34(38-35(37-31)41-19-13-18-39(2)22-23-41)36-29-16-20-40(21-17-29)27-28-14-10-9-11-15-28/h9-11,14-15,25-26,29H,4-8,12-13,16-24,27H2,1-3H3,(H,36,37,38). The van der Waals surface area contributed by atoms with Gasteiger partial charge in [-0.3, -0.25) is 4.90 Å². The summed E-state index contributed by atoms with van der Waals surface area (Å²) in [6.45, 7) is 10.1. The van der Waals surface area contributed by atoms with E-state index in [2.05, 4.69) is 76.5 Å². The molecule has 2 aliphatic rings. The highest BCUT2D eigenvalue weighted by Gasteiger charge is 2.23. The van der Waals surface area contributed by atoms with Crippen LogP contribution >= 0.6 is 0 Å². The van der Waals surface area contributed by atoms with Gasteiger partial charge in [-0.15, -0.1) is 0 Å². The largest absolute Gasteiger partial charge is 0.493 e. The molecule has 43 heavy (non-hydrogen) atoms. The summed E-state index contributed by atoms with van der Waals surface area (Å²) in [5.41, 5.74) is 2.29. The lowest BCUT2D eigenvalue weighted by atomic mass is 10.0. The number of methoxy groups -OCH3 is 1. The zero-order valence-corrected chi connectivity index (χ0v) is 26.7. The summed E-state index contributed by atoms with van der Waals surface area (Å²) in [7, 11) is 3.92. The number of anilines is 2. The summed E-state index contributed by atoms with van der Waals surface area (Å²) in [5.74, 6) is 3.22. The number of fused-ring (bicyclic) bond motifs is 1. The monoisotopic (exact) mass is 588 g/mol. The number of benzene rings is 2. The van der Waals surface area contributed by atoms with E-state index < -0.39 is 0 Å². The van der Waals surface area contributed by atoms with E-state index in [4.69, 9.17) is 19.4 Å². The summed E-state index contributed by atoms with van der Waals surface area (Å²) < 4.78 is 12.1. The number of nitrogens with zero attached hydrogens (tertiary/aromatic N) is 5. The molecule has 3 heterocycles. The van der Waals surface area contributed by atoms with Crippen molar-refractivity contribution in [3.05, 3.63) is 48.0 Å². The maximum atomic E-state index is 6.28. The van der Waals surface area contributed by atoms with Crippen LogP contribution in [0.15, 0.2) is 42.5 Å². The van der Waals surface area contributed by atoms with Crippen molar-refractivity contribution in [2.24, 2.45) is 0 Å². The lowest BCUT2D eigenvalue weighted by molar-refractivity contribution is 0.211. The fourth-order valence-corrected chi connectivity index (χ4v) is 6.23. The van der Waals surface area contributed by atoms with Gasteiger partial charge in [0.2, 0.25) is 5.95 Å². The first-order chi connectivity index (χ1) is 21.1. The summed E-state index contributed by atoms with van der Waals surface area (Å²) in [6.07, 6.45) is 10.7. The number of likely N-dealkylation sites (N-methyl/N-ethyl adjacent to an activating group) is 1. The van der Waals surface area contributed by atoms with Gasteiger partial charge >= 0.3 is 0 Å². The Morgan fingerprint density at radius 2 is 1.65 bits per heavy atom. The van der Waals surface area contributed by atoms with E-state index in [0.29, 0.717) is 12.6 Å². The van der Waals surface area contributed by atoms with Gasteiger partial charge in [-0.2, -0.15) is 4.98 Å². The number of likely N-dealkylation sites (tertiary alicyclic amines) is 1. The maximum Gasteiger partial charge on any atom is 0.227 e. The number of ether oxygens (including phenoxy) is 2. The molecule has 0 bridgehead atoms. The molecular weight excluding hydrogens is 536 g/mol. The minimum Gasteiger partial charge on any atom is -0.493 e. The predicted molar refractivity (Wildman–Crippen MR) is 178 cm³/mol. The Morgan fingerprint density at radius 3 is 2.44 bits per heavy atom. The molecule has 2 fully saturated rings. The Hall–Kier alpha value is -3.10. The van der Waals surface area contributed by atoms with Gasteiger partial charge in [0.15, 0.2) is 11.5 Å². The molecule has 2 aromatic carbocycles. The Balaban J connectivity index is 1.33. The van der Waals surface area contributed by atoms with Gasteiger partial charge in [0.1, 0.15) is 5.82 Å². The van der Waals surface area contributed by atoms with Crippen LogP contribution in [0.1, 0.15) is 70.3 Å². The number of piperidine rings is 1. The molecule has 0 aliphatic carbocycles. The van der Waals surface area contributed by atoms with Gasteiger partial charge in [-0.25, -0.2) is 4.98 Å². The molecule has 3 aromatic rings. The van der Waals surface area contributed by atoms with Crippen molar-refractivity contribution in [3.8, 4) is 11.5 Å². The third-order valence-electron chi connectivity index (χ3n) is 8.90. The van der Waals surface area contributed by atoms with Crippen LogP contribution in [0.25, 0.3) is 10.9 Å². The average Bonchev–Trinajstić information content (AvgIpc) is 3.26. The predicted octanol–water partition coefficient (Wildman–Crippen LogP) is 6.60. The fourth-order valence-electron chi connectivity index (χ4n) is 6.23. The molecule has 2 saturated heterocycles. The zero-order chi connectivity index (χ0) is 29.9. The number of rotatable bonds is 14. The summed E-state index contributed by atoms with van der Waals surface area (Å²) in [5, 5.41) is 4.84. The fraction of sp³-hybridized carbons (Fsp3) is 0.600. The van der Waals surface area contributed by atoms with Crippen LogP contribution in [-0.2, 0) is 6.54 Å². The Kier molecular flexibility index (Phi) is 11.7. The van der Waals surface area contributed by atoms with Gasteiger partial charge in [-0.1, -0.05) is 69.4 Å². The maximum absolute atomic E-state index is 6.28. The molecule has 5 rings (SSSR count). The van der Waals surface area contributed by atoms with Gasteiger partial charge in [0.25, 0.3) is 0 Å². The number of aromatic nitrogens is 2. The first kappa shape index (κ1) is 31.3. The van der Waals surface area contributed by atoms with E-state index in [9.17, 15) is 0 Å². The second-order valence-corrected chi connectivity index (χ2v) is 12.3. The van der Waals surface area contributed by atoms with E-state index in [0.717, 1.165) is 106 Å². The van der Waals surface area contributed by atoms with Crippen LogP contribution < -0.4 is 19.7 Å².